The van der Waals surface area contributed by atoms with E-state index in [9.17, 15) is 4.79 Å². The van der Waals surface area contributed by atoms with E-state index in [0.29, 0.717) is 24.7 Å². The second-order valence-corrected chi connectivity index (χ2v) is 7.04. The molecule has 27 heavy (non-hydrogen) atoms. The Morgan fingerprint density at radius 1 is 1.30 bits per heavy atom. The first kappa shape index (κ1) is 21.3. The van der Waals surface area contributed by atoms with Gasteiger partial charge in [0.25, 0.3) is 0 Å². The average Bonchev–Trinajstić information content (AvgIpc) is 3.01. The van der Waals surface area contributed by atoms with Crippen LogP contribution in [0.3, 0.4) is 0 Å². The van der Waals surface area contributed by atoms with Crippen LogP contribution in [0.5, 0.6) is 11.5 Å². The summed E-state index contributed by atoms with van der Waals surface area (Å²) in [6.07, 6.45) is 4.34. The average molecular weight is 395 g/mol. The van der Waals surface area contributed by atoms with E-state index in [1.54, 1.807) is 0 Å². The Balaban J connectivity index is 1.74. The molecule has 1 aliphatic heterocycles. The number of fused-ring (bicyclic) bond motifs is 1. The summed E-state index contributed by atoms with van der Waals surface area (Å²) in [6, 6.07) is 4.13. The lowest BCUT2D eigenvalue weighted by Gasteiger charge is -2.15. The lowest BCUT2D eigenvalue weighted by molar-refractivity contribution is -0.140. The van der Waals surface area contributed by atoms with Crippen molar-refractivity contribution in [2.45, 2.75) is 58.6 Å². The van der Waals surface area contributed by atoms with Gasteiger partial charge in [0.05, 0.1) is 13.7 Å². The Bertz CT molecular complexity index is 651. The molecule has 0 saturated heterocycles. The Morgan fingerprint density at radius 2 is 2.11 bits per heavy atom. The van der Waals surface area contributed by atoms with Crippen LogP contribution in [0.15, 0.2) is 12.1 Å². The van der Waals surface area contributed by atoms with Gasteiger partial charge in [-0.2, -0.15) is 0 Å². The number of ether oxygens (including phenoxy) is 3. The van der Waals surface area contributed by atoms with E-state index in [1.807, 2.05) is 13.0 Å². The lowest BCUT2D eigenvalue weighted by atomic mass is 10.1. The van der Waals surface area contributed by atoms with Crippen LogP contribution < -0.4 is 20.1 Å². The van der Waals surface area contributed by atoms with Crippen LogP contribution in [-0.2, 0) is 22.5 Å². The van der Waals surface area contributed by atoms with Crippen molar-refractivity contribution >= 4 is 23.3 Å². The summed E-state index contributed by atoms with van der Waals surface area (Å²) in [4.78, 5) is 11.0. The number of carbonyl (C=O) groups is 1. The van der Waals surface area contributed by atoms with Crippen LogP contribution in [-0.4, -0.2) is 37.4 Å². The van der Waals surface area contributed by atoms with Crippen LogP contribution in [0.4, 0.5) is 0 Å². The van der Waals surface area contributed by atoms with Crippen molar-refractivity contribution in [1.29, 1.82) is 0 Å². The highest BCUT2D eigenvalue weighted by Crippen LogP contribution is 2.35. The molecule has 0 spiro atoms. The molecule has 1 atom stereocenters. The van der Waals surface area contributed by atoms with E-state index in [1.165, 1.54) is 12.7 Å². The normalized spacial score (nSPS) is 14.9. The number of hydrogen-bond acceptors (Lipinski definition) is 5. The minimum absolute atomic E-state index is 0.155. The third-order valence-corrected chi connectivity index (χ3v) is 4.68. The van der Waals surface area contributed by atoms with Gasteiger partial charge in [-0.1, -0.05) is 6.42 Å². The fourth-order valence-corrected chi connectivity index (χ4v) is 3.20. The van der Waals surface area contributed by atoms with Crippen molar-refractivity contribution < 1.29 is 19.0 Å². The fraction of sp³-hybridized carbons (Fsp3) is 0.600. The topological polar surface area (TPSA) is 68.8 Å². The number of thiocarbonyl (C=S) groups is 1. The SMILES string of the molecule is CCOc1cc2c(cc1CNC(=S)NCCCCCC(=O)OC)O[C@H](C)C2. The fourth-order valence-electron chi connectivity index (χ4n) is 3.02. The van der Waals surface area contributed by atoms with Crippen molar-refractivity contribution in [3.63, 3.8) is 0 Å². The number of unbranched alkanes of at least 4 members (excludes halogenated alkanes) is 2. The number of esters is 1. The van der Waals surface area contributed by atoms with Gasteiger partial charge in [-0.3, -0.25) is 4.79 Å². The highest BCUT2D eigenvalue weighted by atomic mass is 32.1. The molecule has 1 aromatic rings. The van der Waals surface area contributed by atoms with Crippen LogP contribution >= 0.6 is 12.2 Å². The molecule has 2 rings (SSSR count). The van der Waals surface area contributed by atoms with Crippen LogP contribution in [0.2, 0.25) is 0 Å². The molecule has 0 radical (unpaired) electrons. The first-order valence-electron chi connectivity index (χ1n) is 9.57. The molecule has 0 unspecified atom stereocenters. The Morgan fingerprint density at radius 3 is 2.85 bits per heavy atom. The molecule has 0 aromatic heterocycles. The number of methoxy groups -OCH3 is 1. The van der Waals surface area contributed by atoms with Gasteiger partial charge >= 0.3 is 5.97 Å². The first-order valence-corrected chi connectivity index (χ1v) is 9.98. The Kier molecular flexibility index (Phi) is 8.64. The number of benzene rings is 1. The molecule has 0 saturated carbocycles. The first-order chi connectivity index (χ1) is 13.0. The highest BCUT2D eigenvalue weighted by Gasteiger charge is 2.21. The maximum atomic E-state index is 11.0. The molecule has 7 heteroatoms. The molecular formula is C20H30N2O4S. The zero-order chi connectivity index (χ0) is 19.6. The van der Waals surface area contributed by atoms with Crippen LogP contribution in [0.1, 0.15) is 50.7 Å². The van der Waals surface area contributed by atoms with Gasteiger partial charge in [0, 0.05) is 37.1 Å². The maximum absolute atomic E-state index is 11.0. The third kappa shape index (κ3) is 6.90. The lowest BCUT2D eigenvalue weighted by Crippen LogP contribution is -2.35. The number of rotatable bonds is 10. The largest absolute Gasteiger partial charge is 0.494 e. The van der Waals surface area contributed by atoms with E-state index < -0.39 is 0 Å². The second-order valence-electron chi connectivity index (χ2n) is 6.63. The van der Waals surface area contributed by atoms with E-state index in [0.717, 1.165) is 49.3 Å². The molecule has 6 nitrogen and oxygen atoms in total. The molecule has 0 aliphatic carbocycles. The minimum Gasteiger partial charge on any atom is -0.494 e. The summed E-state index contributed by atoms with van der Waals surface area (Å²) >= 11 is 5.35. The summed E-state index contributed by atoms with van der Waals surface area (Å²) in [5.74, 6) is 1.66. The van der Waals surface area contributed by atoms with Crippen molar-refractivity contribution in [1.82, 2.24) is 10.6 Å². The van der Waals surface area contributed by atoms with Gasteiger partial charge < -0.3 is 24.8 Å². The molecule has 150 valence electrons. The van der Waals surface area contributed by atoms with Gasteiger partial charge in [0.1, 0.15) is 17.6 Å². The molecular weight excluding hydrogens is 364 g/mol. The number of nitrogens with one attached hydrogen (secondary N) is 2. The van der Waals surface area contributed by atoms with Gasteiger partial charge in [-0.05, 0) is 51.0 Å². The molecule has 1 aromatic carbocycles. The monoisotopic (exact) mass is 394 g/mol. The predicted molar refractivity (Wildman–Crippen MR) is 109 cm³/mol. The van der Waals surface area contributed by atoms with E-state index in [-0.39, 0.29) is 12.1 Å². The maximum Gasteiger partial charge on any atom is 0.305 e. The van der Waals surface area contributed by atoms with Gasteiger partial charge in [0.2, 0.25) is 0 Å². The van der Waals surface area contributed by atoms with Crippen LogP contribution in [0.25, 0.3) is 0 Å². The highest BCUT2D eigenvalue weighted by molar-refractivity contribution is 7.80. The van der Waals surface area contributed by atoms with Crippen molar-refractivity contribution in [3.8, 4) is 11.5 Å². The number of carbonyl (C=O) groups excluding carboxylic acids is 1. The van der Waals surface area contributed by atoms with Crippen molar-refractivity contribution in [2.75, 3.05) is 20.3 Å². The Labute approximate surface area is 166 Å². The zero-order valence-corrected chi connectivity index (χ0v) is 17.2. The molecule has 0 bridgehead atoms. The van der Waals surface area contributed by atoms with Crippen molar-refractivity contribution in [2.24, 2.45) is 0 Å². The van der Waals surface area contributed by atoms with Gasteiger partial charge in [-0.15, -0.1) is 0 Å². The summed E-state index contributed by atoms with van der Waals surface area (Å²) in [5.41, 5.74) is 2.23. The van der Waals surface area contributed by atoms with Gasteiger partial charge in [-0.25, -0.2) is 0 Å². The van der Waals surface area contributed by atoms with Gasteiger partial charge in [0.15, 0.2) is 5.11 Å². The smallest absolute Gasteiger partial charge is 0.305 e. The molecule has 1 aliphatic rings. The summed E-state index contributed by atoms with van der Waals surface area (Å²) < 4.78 is 16.3. The quantitative estimate of drug-likeness (QED) is 0.359. The zero-order valence-electron chi connectivity index (χ0n) is 16.4. The van der Waals surface area contributed by atoms with Crippen LogP contribution in [0, 0.1) is 0 Å². The van der Waals surface area contributed by atoms with E-state index in [2.05, 4.69) is 28.4 Å². The molecule has 0 fully saturated rings. The second kappa shape index (κ2) is 11.0. The predicted octanol–water partition coefficient (Wildman–Crippen LogP) is 3.11. The molecule has 1 heterocycles. The Hall–Kier alpha value is -2.02. The van der Waals surface area contributed by atoms with E-state index in [4.69, 9.17) is 21.7 Å². The summed E-state index contributed by atoms with van der Waals surface area (Å²) in [6.45, 7) is 6.03. The van der Waals surface area contributed by atoms with Crippen molar-refractivity contribution in [3.05, 3.63) is 23.3 Å². The standard InChI is InChI=1S/C20H30N2O4S/c1-4-25-17-11-15-10-14(2)26-18(15)12-16(17)13-22-20(27)21-9-7-5-6-8-19(23)24-3/h11-12,14H,4-10,13H2,1-3H3,(H2,21,22,27)/t14-/m1/s1. The molecule has 0 amide bonds. The minimum atomic E-state index is -0.155. The third-order valence-electron chi connectivity index (χ3n) is 4.39. The molecule has 2 N–H and O–H groups in total. The summed E-state index contributed by atoms with van der Waals surface area (Å²) in [5, 5.41) is 7.04. The summed E-state index contributed by atoms with van der Waals surface area (Å²) in [7, 11) is 1.42. The van der Waals surface area contributed by atoms with E-state index >= 15 is 0 Å². The number of hydrogen-bond donors (Lipinski definition) is 2.